The number of fused-ring (bicyclic) bond motifs is 2. The lowest BCUT2D eigenvalue weighted by atomic mass is 9.74. The van der Waals surface area contributed by atoms with Gasteiger partial charge in [-0.1, -0.05) is 143 Å². The van der Waals surface area contributed by atoms with Crippen molar-refractivity contribution in [1.29, 1.82) is 5.26 Å². The van der Waals surface area contributed by atoms with E-state index in [2.05, 4.69) is 90.7 Å². The molecule has 0 aromatic heterocycles. The number of nitriles is 1. The first-order valence-electron chi connectivity index (χ1n) is 19.1. The molecule has 4 nitrogen and oxygen atoms in total. The van der Waals surface area contributed by atoms with Crippen LogP contribution >= 0.6 is 12.4 Å². The number of methoxy groups -OCH3 is 2. The van der Waals surface area contributed by atoms with E-state index in [-0.39, 0.29) is 12.4 Å². The van der Waals surface area contributed by atoms with E-state index in [0.29, 0.717) is 11.5 Å². The van der Waals surface area contributed by atoms with Crippen molar-refractivity contribution in [2.75, 3.05) is 33.9 Å². The average Bonchev–Trinajstić information content (AvgIpc) is 3.32. The van der Waals surface area contributed by atoms with Crippen molar-refractivity contribution in [2.45, 2.75) is 109 Å². The zero-order valence-electron chi connectivity index (χ0n) is 30.9. The molecule has 1 saturated heterocycles. The molecule has 50 heavy (non-hydrogen) atoms. The number of likely N-dealkylation sites (tertiary alicyclic amines) is 1. The molecule has 5 heteroatoms. The van der Waals surface area contributed by atoms with Crippen molar-refractivity contribution in [2.24, 2.45) is 0 Å². The molecule has 1 aliphatic heterocycles. The highest BCUT2D eigenvalue weighted by Gasteiger charge is 2.33. The molecule has 0 radical (unpaired) electrons. The first-order valence-corrected chi connectivity index (χ1v) is 19.1. The summed E-state index contributed by atoms with van der Waals surface area (Å²) in [5.41, 5.74) is 8.85. The van der Waals surface area contributed by atoms with Gasteiger partial charge in [-0.3, -0.25) is 0 Å². The minimum absolute atomic E-state index is 0. The summed E-state index contributed by atoms with van der Waals surface area (Å²) < 4.78 is 11.2. The van der Waals surface area contributed by atoms with Crippen LogP contribution in [0.2, 0.25) is 0 Å². The van der Waals surface area contributed by atoms with Gasteiger partial charge in [0.15, 0.2) is 11.5 Å². The smallest absolute Gasteiger partial charge is 0.161 e. The van der Waals surface area contributed by atoms with Gasteiger partial charge in [0, 0.05) is 13.1 Å². The van der Waals surface area contributed by atoms with E-state index in [1.54, 1.807) is 19.8 Å². The van der Waals surface area contributed by atoms with Crippen LogP contribution in [-0.2, 0) is 5.41 Å². The second-order valence-electron chi connectivity index (χ2n) is 14.1. The molecule has 0 amide bonds. The molecular formula is C45H59ClN2O2. The van der Waals surface area contributed by atoms with Crippen molar-refractivity contribution in [3.63, 3.8) is 0 Å². The molecule has 0 bridgehead atoms. The fourth-order valence-electron chi connectivity index (χ4n) is 7.98. The first-order chi connectivity index (χ1) is 24.1. The van der Waals surface area contributed by atoms with Gasteiger partial charge in [-0.05, 0) is 84.2 Å². The zero-order valence-corrected chi connectivity index (χ0v) is 31.7. The van der Waals surface area contributed by atoms with Crippen LogP contribution in [0.3, 0.4) is 0 Å². The number of unbranched alkanes of at least 4 members (excludes halogenated alkanes) is 9. The SMILES string of the molecule is CCCCCCCCCCCCC(C#N)(CCCN1CCC(=C2c3ccccc3C=Cc3ccccc32)CC1)c1ccc(OC)c(OC)c1.Cl. The fourth-order valence-corrected chi connectivity index (χ4v) is 7.98. The van der Waals surface area contributed by atoms with Crippen molar-refractivity contribution >= 4 is 30.1 Å². The molecule has 3 aromatic rings. The van der Waals surface area contributed by atoms with E-state index in [1.807, 2.05) is 6.07 Å². The van der Waals surface area contributed by atoms with Crippen LogP contribution in [0.1, 0.15) is 131 Å². The van der Waals surface area contributed by atoms with Gasteiger partial charge in [0.1, 0.15) is 0 Å². The number of nitrogens with zero attached hydrogens (tertiary/aromatic N) is 2. The Kier molecular flexibility index (Phi) is 16.0. The molecule has 2 aliphatic rings. The third-order valence-electron chi connectivity index (χ3n) is 10.9. The van der Waals surface area contributed by atoms with E-state index >= 15 is 0 Å². The summed E-state index contributed by atoms with van der Waals surface area (Å²) in [6.45, 7) is 5.42. The zero-order chi connectivity index (χ0) is 34.3. The molecule has 1 fully saturated rings. The van der Waals surface area contributed by atoms with E-state index in [1.165, 1.54) is 85.6 Å². The monoisotopic (exact) mass is 694 g/mol. The van der Waals surface area contributed by atoms with Gasteiger partial charge in [0.25, 0.3) is 0 Å². The molecule has 268 valence electrons. The third kappa shape index (κ3) is 10.0. The Labute approximate surface area is 309 Å². The minimum atomic E-state index is -0.524. The number of benzene rings is 3. The molecular weight excluding hydrogens is 636 g/mol. The van der Waals surface area contributed by atoms with Crippen molar-refractivity contribution in [3.8, 4) is 17.6 Å². The van der Waals surface area contributed by atoms with E-state index < -0.39 is 5.41 Å². The normalized spacial score (nSPS) is 15.2. The van der Waals surface area contributed by atoms with Gasteiger partial charge >= 0.3 is 0 Å². The van der Waals surface area contributed by atoms with Crippen LogP contribution in [0.25, 0.3) is 17.7 Å². The predicted molar refractivity (Wildman–Crippen MR) is 213 cm³/mol. The maximum absolute atomic E-state index is 10.8. The van der Waals surface area contributed by atoms with Crippen LogP contribution in [0.5, 0.6) is 11.5 Å². The molecule has 0 saturated carbocycles. The van der Waals surface area contributed by atoms with Crippen molar-refractivity contribution in [1.82, 2.24) is 4.90 Å². The van der Waals surface area contributed by atoms with Crippen LogP contribution in [0, 0.1) is 11.3 Å². The summed E-state index contributed by atoms with van der Waals surface area (Å²) in [7, 11) is 3.35. The highest BCUT2D eigenvalue weighted by molar-refractivity contribution is 5.94. The van der Waals surface area contributed by atoms with Gasteiger partial charge in [-0.2, -0.15) is 5.26 Å². The molecule has 1 unspecified atom stereocenters. The number of hydrogen-bond donors (Lipinski definition) is 0. The van der Waals surface area contributed by atoms with Crippen LogP contribution in [0.15, 0.2) is 72.3 Å². The third-order valence-corrected chi connectivity index (χ3v) is 10.9. The van der Waals surface area contributed by atoms with Gasteiger partial charge in [-0.15, -0.1) is 12.4 Å². The standard InChI is InChI=1S/C45H58N2O2.ClH/c1-4-5-6-7-8-9-10-11-12-17-29-45(35-46,39-25-26-42(48-2)43(34-39)49-3)30-18-31-47-32-27-38(28-33-47)44-40-21-15-13-19-36(40)23-24-37-20-14-16-22-41(37)44;/h13-16,19-26,34H,4-12,17-18,27-33H2,1-3H3;1H. The molecule has 5 rings (SSSR count). The Bertz CT molecular complexity index is 1540. The van der Waals surface area contributed by atoms with E-state index in [0.717, 1.165) is 63.7 Å². The minimum Gasteiger partial charge on any atom is -0.493 e. The van der Waals surface area contributed by atoms with Crippen molar-refractivity contribution < 1.29 is 9.47 Å². The van der Waals surface area contributed by atoms with Crippen LogP contribution in [-0.4, -0.2) is 38.8 Å². The molecule has 1 atom stereocenters. The Morgan fingerprint density at radius 2 is 1.22 bits per heavy atom. The van der Waals surface area contributed by atoms with Gasteiger partial charge < -0.3 is 14.4 Å². The number of halogens is 1. The summed E-state index contributed by atoms with van der Waals surface area (Å²) in [5.74, 6) is 1.42. The number of ether oxygens (including phenoxy) is 2. The Hall–Kier alpha value is -3.52. The van der Waals surface area contributed by atoms with Crippen molar-refractivity contribution in [3.05, 3.63) is 100 Å². The maximum Gasteiger partial charge on any atom is 0.161 e. The number of piperidine rings is 1. The molecule has 1 aliphatic carbocycles. The first kappa shape index (κ1) is 39.3. The molecule has 0 N–H and O–H groups in total. The lowest BCUT2D eigenvalue weighted by Crippen LogP contribution is -2.33. The quantitative estimate of drug-likeness (QED) is 0.0973. The molecule has 0 spiro atoms. The average molecular weight is 695 g/mol. The summed E-state index contributed by atoms with van der Waals surface area (Å²) in [4.78, 5) is 2.62. The summed E-state index contributed by atoms with van der Waals surface area (Å²) in [6.07, 6.45) is 22.4. The summed E-state index contributed by atoms with van der Waals surface area (Å²) in [6, 6.07) is 26.6. The molecule has 3 aromatic carbocycles. The Balaban J connectivity index is 0.00000562. The van der Waals surface area contributed by atoms with Crippen LogP contribution in [0.4, 0.5) is 0 Å². The highest BCUT2D eigenvalue weighted by atomic mass is 35.5. The topological polar surface area (TPSA) is 45.5 Å². The molecule has 1 heterocycles. The number of hydrogen-bond acceptors (Lipinski definition) is 4. The maximum atomic E-state index is 10.8. The van der Waals surface area contributed by atoms with Gasteiger partial charge in [-0.25, -0.2) is 0 Å². The lowest BCUT2D eigenvalue weighted by molar-refractivity contribution is 0.243. The Morgan fingerprint density at radius 3 is 1.78 bits per heavy atom. The van der Waals surface area contributed by atoms with Gasteiger partial charge in [0.2, 0.25) is 0 Å². The fraction of sp³-hybridized carbons (Fsp3) is 0.489. The van der Waals surface area contributed by atoms with E-state index in [4.69, 9.17) is 9.47 Å². The second-order valence-corrected chi connectivity index (χ2v) is 14.1. The highest BCUT2D eigenvalue weighted by Crippen LogP contribution is 2.41. The van der Waals surface area contributed by atoms with E-state index in [9.17, 15) is 5.26 Å². The van der Waals surface area contributed by atoms with Gasteiger partial charge in [0.05, 0.1) is 25.7 Å². The second kappa shape index (κ2) is 20.4. The Morgan fingerprint density at radius 1 is 0.680 bits per heavy atom. The lowest BCUT2D eigenvalue weighted by Gasteiger charge is -2.32. The summed E-state index contributed by atoms with van der Waals surface area (Å²) in [5, 5.41) is 10.8. The number of rotatable bonds is 18. The predicted octanol–water partition coefficient (Wildman–Crippen LogP) is 12.1. The summed E-state index contributed by atoms with van der Waals surface area (Å²) >= 11 is 0. The van der Waals surface area contributed by atoms with Crippen LogP contribution < -0.4 is 9.47 Å². The largest absolute Gasteiger partial charge is 0.493 e.